The first kappa shape index (κ1) is 21.1. The number of benzene rings is 1. The number of methoxy groups -OCH3 is 1. The standard InChI is InChI=1S/C21H31N5O3/c1-17-14-19(24-29-17)15-25-9-11-26(12-10-25)21(22-2)23-8-13-28-16-18-6-4-5-7-20(18)27-3/h4-7,14H,8-13,15-16H2,1-3H3,(H,22,23). The summed E-state index contributed by atoms with van der Waals surface area (Å²) in [6.07, 6.45) is 0. The van der Waals surface area contributed by atoms with Crippen molar-refractivity contribution in [1.29, 1.82) is 0 Å². The van der Waals surface area contributed by atoms with Gasteiger partial charge in [0.25, 0.3) is 0 Å². The van der Waals surface area contributed by atoms with Gasteiger partial charge in [-0.1, -0.05) is 23.4 Å². The molecule has 0 bridgehead atoms. The van der Waals surface area contributed by atoms with Crippen molar-refractivity contribution in [1.82, 2.24) is 20.3 Å². The van der Waals surface area contributed by atoms with Crippen LogP contribution in [0.5, 0.6) is 5.75 Å². The minimum absolute atomic E-state index is 0.532. The molecule has 2 aromatic rings. The summed E-state index contributed by atoms with van der Waals surface area (Å²) in [5, 5.41) is 7.48. The molecule has 0 unspecified atom stereocenters. The van der Waals surface area contributed by atoms with Crippen LogP contribution in [-0.2, 0) is 17.9 Å². The van der Waals surface area contributed by atoms with Crippen molar-refractivity contribution in [2.24, 2.45) is 4.99 Å². The van der Waals surface area contributed by atoms with Crippen molar-refractivity contribution >= 4 is 5.96 Å². The Morgan fingerprint density at radius 3 is 2.72 bits per heavy atom. The first-order valence-corrected chi connectivity index (χ1v) is 9.99. The van der Waals surface area contributed by atoms with Crippen molar-refractivity contribution < 1.29 is 14.0 Å². The lowest BCUT2D eigenvalue weighted by atomic mass is 10.2. The lowest BCUT2D eigenvalue weighted by Crippen LogP contribution is -2.52. The molecule has 8 nitrogen and oxygen atoms in total. The maximum Gasteiger partial charge on any atom is 0.193 e. The highest BCUT2D eigenvalue weighted by molar-refractivity contribution is 5.80. The van der Waals surface area contributed by atoms with Crippen molar-refractivity contribution in [3.05, 3.63) is 47.3 Å². The van der Waals surface area contributed by atoms with E-state index >= 15 is 0 Å². The van der Waals surface area contributed by atoms with E-state index < -0.39 is 0 Å². The number of hydrogen-bond acceptors (Lipinski definition) is 6. The fourth-order valence-corrected chi connectivity index (χ4v) is 3.41. The molecule has 0 saturated carbocycles. The minimum atomic E-state index is 0.532. The third-order valence-corrected chi connectivity index (χ3v) is 4.93. The first-order valence-electron chi connectivity index (χ1n) is 9.99. The first-order chi connectivity index (χ1) is 14.2. The summed E-state index contributed by atoms with van der Waals surface area (Å²) < 4.78 is 16.3. The molecule has 0 spiro atoms. The van der Waals surface area contributed by atoms with Crippen molar-refractivity contribution in [3.63, 3.8) is 0 Å². The monoisotopic (exact) mass is 401 g/mol. The number of guanidine groups is 1. The van der Waals surface area contributed by atoms with Gasteiger partial charge >= 0.3 is 0 Å². The van der Waals surface area contributed by atoms with E-state index in [9.17, 15) is 0 Å². The summed E-state index contributed by atoms with van der Waals surface area (Å²) >= 11 is 0. The van der Waals surface area contributed by atoms with Gasteiger partial charge in [-0.15, -0.1) is 0 Å². The third-order valence-electron chi connectivity index (χ3n) is 4.93. The number of aryl methyl sites for hydroxylation is 1. The van der Waals surface area contributed by atoms with Gasteiger partial charge in [0.05, 0.1) is 26.0 Å². The van der Waals surface area contributed by atoms with E-state index in [1.54, 1.807) is 7.11 Å². The van der Waals surface area contributed by atoms with E-state index in [0.29, 0.717) is 19.8 Å². The van der Waals surface area contributed by atoms with Gasteiger partial charge < -0.3 is 24.2 Å². The van der Waals surface area contributed by atoms with E-state index in [4.69, 9.17) is 14.0 Å². The van der Waals surface area contributed by atoms with Gasteiger partial charge in [-0.25, -0.2) is 0 Å². The molecule has 3 rings (SSSR count). The van der Waals surface area contributed by atoms with E-state index in [2.05, 4.69) is 25.3 Å². The normalized spacial score (nSPS) is 15.6. The molecule has 2 heterocycles. The smallest absolute Gasteiger partial charge is 0.193 e. The summed E-state index contributed by atoms with van der Waals surface area (Å²) in [4.78, 5) is 9.09. The van der Waals surface area contributed by atoms with Crippen LogP contribution in [-0.4, -0.2) is 74.4 Å². The maximum atomic E-state index is 5.79. The quantitative estimate of drug-likeness (QED) is 0.411. The van der Waals surface area contributed by atoms with Crippen LogP contribution in [0.4, 0.5) is 0 Å². The molecular weight excluding hydrogens is 370 g/mol. The second-order valence-electron chi connectivity index (χ2n) is 7.03. The molecule has 1 aromatic carbocycles. The minimum Gasteiger partial charge on any atom is -0.496 e. The zero-order chi connectivity index (χ0) is 20.5. The van der Waals surface area contributed by atoms with Gasteiger partial charge in [-0.05, 0) is 13.0 Å². The SMILES string of the molecule is CN=C(NCCOCc1ccccc1OC)N1CCN(Cc2cc(C)on2)CC1. The van der Waals surface area contributed by atoms with Gasteiger partial charge in [0.15, 0.2) is 5.96 Å². The van der Waals surface area contributed by atoms with Crippen molar-refractivity contribution in [2.45, 2.75) is 20.1 Å². The molecule has 8 heteroatoms. The summed E-state index contributed by atoms with van der Waals surface area (Å²) in [5.41, 5.74) is 2.04. The van der Waals surface area contributed by atoms with Crippen LogP contribution in [0, 0.1) is 6.92 Å². The van der Waals surface area contributed by atoms with Crippen LogP contribution in [0.2, 0.25) is 0 Å². The van der Waals surface area contributed by atoms with E-state index in [1.807, 2.05) is 44.3 Å². The Bertz CT molecular complexity index is 784. The second kappa shape index (κ2) is 10.8. The zero-order valence-corrected chi connectivity index (χ0v) is 17.6. The number of nitrogens with zero attached hydrogens (tertiary/aromatic N) is 4. The number of ether oxygens (including phenoxy) is 2. The van der Waals surface area contributed by atoms with Gasteiger partial charge in [0.2, 0.25) is 0 Å². The fraction of sp³-hybridized carbons (Fsp3) is 0.524. The predicted molar refractivity (Wildman–Crippen MR) is 112 cm³/mol. The molecule has 1 fully saturated rings. The maximum absolute atomic E-state index is 5.79. The van der Waals surface area contributed by atoms with Crippen molar-refractivity contribution in [2.75, 3.05) is 53.5 Å². The molecular formula is C21H31N5O3. The van der Waals surface area contributed by atoms with Gasteiger partial charge in [0.1, 0.15) is 11.5 Å². The molecule has 1 saturated heterocycles. The largest absolute Gasteiger partial charge is 0.496 e. The zero-order valence-electron chi connectivity index (χ0n) is 17.6. The number of aliphatic imine (C=N–C) groups is 1. The molecule has 0 atom stereocenters. The number of aromatic nitrogens is 1. The number of nitrogens with one attached hydrogen (secondary N) is 1. The predicted octanol–water partition coefficient (Wildman–Crippen LogP) is 1.90. The number of piperazine rings is 1. The van der Waals surface area contributed by atoms with Crippen LogP contribution >= 0.6 is 0 Å². The third kappa shape index (κ3) is 6.20. The summed E-state index contributed by atoms with van der Waals surface area (Å²) in [6.45, 7) is 8.39. The highest BCUT2D eigenvalue weighted by Gasteiger charge is 2.20. The van der Waals surface area contributed by atoms with Gasteiger partial charge in [-0.3, -0.25) is 9.89 Å². The molecule has 158 valence electrons. The van der Waals surface area contributed by atoms with Crippen LogP contribution in [0.1, 0.15) is 17.0 Å². The Labute approximate surface area is 172 Å². The summed E-state index contributed by atoms with van der Waals surface area (Å²) in [6, 6.07) is 9.91. The van der Waals surface area contributed by atoms with Crippen LogP contribution in [0.15, 0.2) is 39.8 Å². The van der Waals surface area contributed by atoms with Crippen LogP contribution < -0.4 is 10.1 Å². The Kier molecular flexibility index (Phi) is 7.89. The van der Waals surface area contributed by atoms with Crippen molar-refractivity contribution in [3.8, 4) is 5.75 Å². The average Bonchev–Trinajstić information content (AvgIpc) is 3.16. The molecule has 1 aliphatic rings. The highest BCUT2D eigenvalue weighted by atomic mass is 16.5. The molecule has 1 aromatic heterocycles. The summed E-state index contributed by atoms with van der Waals surface area (Å²) in [7, 11) is 3.50. The molecule has 29 heavy (non-hydrogen) atoms. The summed E-state index contributed by atoms with van der Waals surface area (Å²) in [5.74, 6) is 2.63. The second-order valence-corrected chi connectivity index (χ2v) is 7.03. The Hall–Kier alpha value is -2.58. The number of para-hydroxylation sites is 1. The van der Waals surface area contributed by atoms with E-state index in [-0.39, 0.29) is 0 Å². The Morgan fingerprint density at radius 1 is 1.24 bits per heavy atom. The average molecular weight is 402 g/mol. The molecule has 1 aliphatic heterocycles. The van der Waals surface area contributed by atoms with Crippen LogP contribution in [0.25, 0.3) is 0 Å². The van der Waals surface area contributed by atoms with Gasteiger partial charge in [0, 0.05) is 57.9 Å². The highest BCUT2D eigenvalue weighted by Crippen LogP contribution is 2.17. The lowest BCUT2D eigenvalue weighted by molar-refractivity contribution is 0.122. The molecule has 0 aliphatic carbocycles. The van der Waals surface area contributed by atoms with Crippen LogP contribution in [0.3, 0.4) is 0 Å². The van der Waals surface area contributed by atoms with E-state index in [1.165, 1.54) is 0 Å². The number of rotatable bonds is 8. The molecule has 0 radical (unpaired) electrons. The Balaban J connectivity index is 1.35. The fourth-order valence-electron chi connectivity index (χ4n) is 3.41. The number of hydrogen-bond donors (Lipinski definition) is 1. The Morgan fingerprint density at radius 2 is 2.03 bits per heavy atom. The molecule has 0 amide bonds. The topological polar surface area (TPSA) is 75.4 Å². The molecule has 1 N–H and O–H groups in total. The van der Waals surface area contributed by atoms with E-state index in [0.717, 1.165) is 61.5 Å². The van der Waals surface area contributed by atoms with Gasteiger partial charge in [-0.2, -0.15) is 0 Å². The lowest BCUT2D eigenvalue weighted by Gasteiger charge is -2.36.